The van der Waals surface area contributed by atoms with Gasteiger partial charge in [-0.25, -0.2) is 4.98 Å². The van der Waals surface area contributed by atoms with Gasteiger partial charge in [-0.3, -0.25) is 4.79 Å². The number of benzene rings is 1. The summed E-state index contributed by atoms with van der Waals surface area (Å²) in [6, 6.07) is 8.15. The lowest BCUT2D eigenvalue weighted by molar-refractivity contribution is -0.137. The lowest BCUT2D eigenvalue weighted by atomic mass is 10.1. The van der Waals surface area contributed by atoms with Crippen molar-refractivity contribution in [3.8, 4) is 11.3 Å². The highest BCUT2D eigenvalue weighted by Crippen LogP contribution is 2.25. The van der Waals surface area contributed by atoms with Crippen LogP contribution in [0, 0.1) is 6.92 Å². The Morgan fingerprint density at radius 2 is 2.17 bits per heavy atom. The van der Waals surface area contributed by atoms with Crippen molar-refractivity contribution in [1.29, 1.82) is 0 Å². The molecular weight excluding hydrogens is 246 g/mol. The van der Waals surface area contributed by atoms with E-state index in [2.05, 4.69) is 24.0 Å². The topological polar surface area (TPSA) is 50.2 Å². The summed E-state index contributed by atoms with van der Waals surface area (Å²) in [6.45, 7) is 2.07. The van der Waals surface area contributed by atoms with Crippen LogP contribution in [0.3, 0.4) is 0 Å². The van der Waals surface area contributed by atoms with Gasteiger partial charge in [0.25, 0.3) is 0 Å². The summed E-state index contributed by atoms with van der Waals surface area (Å²) in [5, 5.41) is 11.6. The number of hydrogen-bond donors (Lipinski definition) is 1. The number of carbonyl (C=O) groups is 1. The van der Waals surface area contributed by atoms with Crippen LogP contribution in [0.2, 0.25) is 0 Å². The summed E-state index contributed by atoms with van der Waals surface area (Å²) in [4.78, 5) is 15.0. The van der Waals surface area contributed by atoms with Gasteiger partial charge in [0.15, 0.2) is 0 Å². The Balaban J connectivity index is 2.06. The molecule has 0 saturated carbocycles. The smallest absolute Gasteiger partial charge is 0.303 e. The summed E-state index contributed by atoms with van der Waals surface area (Å²) in [5.41, 5.74) is 3.35. The highest BCUT2D eigenvalue weighted by Gasteiger charge is 2.07. The van der Waals surface area contributed by atoms with Crippen molar-refractivity contribution in [3.63, 3.8) is 0 Å². The lowest BCUT2D eigenvalue weighted by Crippen LogP contribution is -1.95. The average Bonchev–Trinajstić information content (AvgIpc) is 2.78. The number of hydrogen-bond acceptors (Lipinski definition) is 3. The van der Waals surface area contributed by atoms with Crippen molar-refractivity contribution in [1.82, 2.24) is 4.98 Å². The number of thiazole rings is 1. The molecule has 0 atom stereocenters. The second-order valence-electron chi connectivity index (χ2n) is 4.19. The number of aryl methyl sites for hydroxylation is 2. The second-order valence-corrected chi connectivity index (χ2v) is 5.13. The van der Waals surface area contributed by atoms with E-state index in [4.69, 9.17) is 5.11 Å². The summed E-state index contributed by atoms with van der Waals surface area (Å²) < 4.78 is 0. The van der Waals surface area contributed by atoms with Crippen LogP contribution in [0.15, 0.2) is 29.6 Å². The normalized spacial score (nSPS) is 10.5. The molecule has 18 heavy (non-hydrogen) atoms. The summed E-state index contributed by atoms with van der Waals surface area (Å²) in [5.74, 6) is -0.745. The van der Waals surface area contributed by atoms with E-state index in [0.29, 0.717) is 6.42 Å². The standard InChI is InChI=1S/C14H15NO2S/c1-10-5-2-3-6-11(10)12-9-18-13(15-12)7-4-8-14(16)17/h2-3,5-6,9H,4,7-8H2,1H3,(H,16,17). The number of nitrogens with zero attached hydrogens (tertiary/aromatic N) is 1. The maximum Gasteiger partial charge on any atom is 0.303 e. The molecule has 0 saturated heterocycles. The summed E-state index contributed by atoms with van der Waals surface area (Å²) in [6.07, 6.45) is 1.60. The first-order chi connectivity index (χ1) is 8.66. The molecule has 1 N–H and O–H groups in total. The minimum atomic E-state index is -0.745. The summed E-state index contributed by atoms with van der Waals surface area (Å²) >= 11 is 1.60. The molecule has 0 bridgehead atoms. The SMILES string of the molecule is Cc1ccccc1-c1csc(CCCC(=O)O)n1. The van der Waals surface area contributed by atoms with Crippen molar-refractivity contribution in [3.05, 3.63) is 40.2 Å². The lowest BCUT2D eigenvalue weighted by Gasteiger charge is -2.00. The molecule has 0 fully saturated rings. The quantitative estimate of drug-likeness (QED) is 0.895. The van der Waals surface area contributed by atoms with E-state index >= 15 is 0 Å². The monoisotopic (exact) mass is 261 g/mol. The maximum atomic E-state index is 10.4. The van der Waals surface area contributed by atoms with Crippen LogP contribution >= 0.6 is 11.3 Å². The zero-order valence-electron chi connectivity index (χ0n) is 10.2. The molecule has 0 aliphatic rings. The Kier molecular flexibility index (Phi) is 4.10. The van der Waals surface area contributed by atoms with E-state index in [9.17, 15) is 4.79 Å². The Morgan fingerprint density at radius 3 is 2.89 bits per heavy atom. The molecular formula is C14H15NO2S. The predicted molar refractivity (Wildman–Crippen MR) is 72.9 cm³/mol. The molecule has 94 valence electrons. The first-order valence-electron chi connectivity index (χ1n) is 5.89. The zero-order chi connectivity index (χ0) is 13.0. The number of carboxylic acids is 1. The fourth-order valence-electron chi connectivity index (χ4n) is 1.80. The Labute approximate surface area is 110 Å². The molecule has 0 aliphatic heterocycles. The molecule has 1 aromatic carbocycles. The van der Waals surface area contributed by atoms with Crippen LogP contribution in [0.4, 0.5) is 0 Å². The molecule has 1 heterocycles. The molecule has 2 aromatic rings. The first kappa shape index (κ1) is 12.8. The molecule has 4 heteroatoms. The minimum absolute atomic E-state index is 0.208. The van der Waals surface area contributed by atoms with E-state index in [1.807, 2.05) is 17.5 Å². The van der Waals surface area contributed by atoms with Gasteiger partial charge in [0.2, 0.25) is 0 Å². The Morgan fingerprint density at radius 1 is 1.39 bits per heavy atom. The Bertz CT molecular complexity index is 548. The van der Waals surface area contributed by atoms with Gasteiger partial charge in [0.05, 0.1) is 10.7 Å². The number of rotatable bonds is 5. The molecule has 0 amide bonds. The van der Waals surface area contributed by atoms with Gasteiger partial charge in [-0.05, 0) is 25.3 Å². The van der Waals surface area contributed by atoms with Gasteiger partial charge in [-0.2, -0.15) is 0 Å². The van der Waals surface area contributed by atoms with Gasteiger partial charge in [0, 0.05) is 17.4 Å². The van der Waals surface area contributed by atoms with Gasteiger partial charge in [-0.1, -0.05) is 24.3 Å². The van der Waals surface area contributed by atoms with Crippen molar-refractivity contribution in [2.24, 2.45) is 0 Å². The average molecular weight is 261 g/mol. The van der Waals surface area contributed by atoms with Crippen molar-refractivity contribution >= 4 is 17.3 Å². The zero-order valence-corrected chi connectivity index (χ0v) is 11.0. The van der Waals surface area contributed by atoms with Crippen LogP contribution in [-0.4, -0.2) is 16.1 Å². The van der Waals surface area contributed by atoms with E-state index in [1.54, 1.807) is 11.3 Å². The molecule has 3 nitrogen and oxygen atoms in total. The summed E-state index contributed by atoms with van der Waals surface area (Å²) in [7, 11) is 0. The van der Waals surface area contributed by atoms with Gasteiger partial charge >= 0.3 is 5.97 Å². The minimum Gasteiger partial charge on any atom is -0.481 e. The van der Waals surface area contributed by atoms with Crippen molar-refractivity contribution in [2.75, 3.05) is 0 Å². The van der Waals surface area contributed by atoms with Gasteiger partial charge < -0.3 is 5.11 Å². The van der Waals surface area contributed by atoms with E-state index in [0.717, 1.165) is 22.7 Å². The fraction of sp³-hybridized carbons (Fsp3) is 0.286. The molecule has 0 aliphatic carbocycles. The van der Waals surface area contributed by atoms with Gasteiger partial charge in [-0.15, -0.1) is 11.3 Å². The van der Waals surface area contributed by atoms with Crippen LogP contribution in [0.5, 0.6) is 0 Å². The predicted octanol–water partition coefficient (Wildman–Crippen LogP) is 3.53. The second kappa shape index (κ2) is 5.78. The van der Waals surface area contributed by atoms with Crippen LogP contribution in [-0.2, 0) is 11.2 Å². The number of carboxylic acid groups (broad SMARTS) is 1. The van der Waals surface area contributed by atoms with Gasteiger partial charge in [0.1, 0.15) is 0 Å². The largest absolute Gasteiger partial charge is 0.481 e. The number of aliphatic carboxylic acids is 1. The Hall–Kier alpha value is -1.68. The third-order valence-corrected chi connectivity index (χ3v) is 3.66. The molecule has 0 unspecified atom stereocenters. The molecule has 0 spiro atoms. The third-order valence-electron chi connectivity index (χ3n) is 2.75. The van der Waals surface area contributed by atoms with E-state index < -0.39 is 5.97 Å². The van der Waals surface area contributed by atoms with E-state index in [1.165, 1.54) is 5.56 Å². The van der Waals surface area contributed by atoms with Crippen molar-refractivity contribution < 1.29 is 9.90 Å². The highest BCUT2D eigenvalue weighted by molar-refractivity contribution is 7.09. The van der Waals surface area contributed by atoms with Crippen molar-refractivity contribution in [2.45, 2.75) is 26.2 Å². The van der Waals surface area contributed by atoms with E-state index in [-0.39, 0.29) is 6.42 Å². The number of aromatic nitrogens is 1. The van der Waals surface area contributed by atoms with Crippen LogP contribution < -0.4 is 0 Å². The molecule has 1 aromatic heterocycles. The van der Waals surface area contributed by atoms with Crippen LogP contribution in [0.25, 0.3) is 11.3 Å². The molecule has 0 radical (unpaired) electrons. The fourth-order valence-corrected chi connectivity index (χ4v) is 2.64. The maximum absolute atomic E-state index is 10.4. The molecule has 2 rings (SSSR count). The first-order valence-corrected chi connectivity index (χ1v) is 6.77. The van der Waals surface area contributed by atoms with Crippen LogP contribution in [0.1, 0.15) is 23.4 Å². The third kappa shape index (κ3) is 3.17. The highest BCUT2D eigenvalue weighted by atomic mass is 32.1.